The first-order valence-corrected chi connectivity index (χ1v) is 8.30. The van der Waals surface area contributed by atoms with Crippen molar-refractivity contribution in [3.8, 4) is 5.75 Å². The second-order valence-electron chi connectivity index (χ2n) is 5.90. The van der Waals surface area contributed by atoms with Crippen LogP contribution < -0.4 is 15.4 Å². The number of ether oxygens (including phenoxy) is 1. The van der Waals surface area contributed by atoms with Crippen LogP contribution in [-0.4, -0.2) is 25.0 Å². The van der Waals surface area contributed by atoms with E-state index in [0.29, 0.717) is 22.0 Å². The average Bonchev–Trinajstić information content (AvgIpc) is 2.60. The zero-order valence-electron chi connectivity index (χ0n) is 14.4. The van der Waals surface area contributed by atoms with E-state index in [2.05, 4.69) is 10.6 Å². The van der Waals surface area contributed by atoms with Gasteiger partial charge in [-0.1, -0.05) is 43.6 Å². The number of carbonyl (C=O) groups excluding carboxylic acids is 2. The third kappa shape index (κ3) is 4.97. The summed E-state index contributed by atoms with van der Waals surface area (Å²) in [6.07, 6.45) is 0. The highest BCUT2D eigenvalue weighted by molar-refractivity contribution is 6.32. The van der Waals surface area contributed by atoms with Crippen molar-refractivity contribution < 1.29 is 14.3 Å². The third-order valence-electron chi connectivity index (χ3n) is 3.69. The van der Waals surface area contributed by atoms with Crippen molar-refractivity contribution in [1.29, 1.82) is 0 Å². The Morgan fingerprint density at radius 3 is 2.32 bits per heavy atom. The molecule has 5 nitrogen and oxygen atoms in total. The maximum Gasteiger partial charge on any atom is 0.251 e. The number of hydrogen-bond donors (Lipinski definition) is 2. The molecular weight excluding hydrogens is 340 g/mol. The average molecular weight is 361 g/mol. The van der Waals surface area contributed by atoms with Crippen LogP contribution in [0.3, 0.4) is 0 Å². The maximum absolute atomic E-state index is 12.6. The maximum atomic E-state index is 12.6. The number of hydrogen-bond acceptors (Lipinski definition) is 3. The normalized spacial score (nSPS) is 11.7. The molecule has 0 saturated heterocycles. The number of nitrogens with one attached hydrogen (secondary N) is 2. The van der Waals surface area contributed by atoms with Gasteiger partial charge in [-0.2, -0.15) is 0 Å². The first kappa shape index (κ1) is 18.8. The number of rotatable bonds is 6. The van der Waals surface area contributed by atoms with Crippen LogP contribution in [0.25, 0.3) is 0 Å². The lowest BCUT2D eigenvalue weighted by molar-refractivity contribution is -0.118. The van der Waals surface area contributed by atoms with Gasteiger partial charge < -0.3 is 15.4 Å². The van der Waals surface area contributed by atoms with Crippen molar-refractivity contribution in [3.63, 3.8) is 0 Å². The Balaban J connectivity index is 2.10. The number of amides is 2. The van der Waals surface area contributed by atoms with E-state index in [-0.39, 0.29) is 17.7 Å². The highest BCUT2D eigenvalue weighted by Crippen LogP contribution is 2.27. The van der Waals surface area contributed by atoms with Gasteiger partial charge in [0.2, 0.25) is 5.91 Å². The Labute approximate surface area is 152 Å². The van der Waals surface area contributed by atoms with Gasteiger partial charge in [-0.25, -0.2) is 0 Å². The minimum Gasteiger partial charge on any atom is -0.495 e. The molecule has 2 amide bonds. The summed E-state index contributed by atoms with van der Waals surface area (Å²) >= 11 is 6.07. The molecule has 0 aliphatic rings. The van der Waals surface area contributed by atoms with Crippen molar-refractivity contribution in [1.82, 2.24) is 5.32 Å². The van der Waals surface area contributed by atoms with Crippen LogP contribution in [0.1, 0.15) is 24.2 Å². The van der Waals surface area contributed by atoms with Crippen molar-refractivity contribution in [2.75, 3.05) is 12.4 Å². The molecule has 2 aromatic rings. The molecule has 0 saturated carbocycles. The fourth-order valence-electron chi connectivity index (χ4n) is 2.31. The van der Waals surface area contributed by atoms with E-state index in [9.17, 15) is 9.59 Å². The monoisotopic (exact) mass is 360 g/mol. The standard InChI is InChI=1S/C19H21ClN2O3/c1-12(2)17(22-18(23)13-7-5-4-6-8-13)19(24)21-14-9-10-16(25-3)15(20)11-14/h4-12,17H,1-3H3,(H,21,24)(H,22,23)/t17-/m1/s1. The fraction of sp³-hybridized carbons (Fsp3) is 0.263. The molecule has 25 heavy (non-hydrogen) atoms. The smallest absolute Gasteiger partial charge is 0.251 e. The van der Waals surface area contributed by atoms with Crippen molar-refractivity contribution in [3.05, 3.63) is 59.1 Å². The lowest BCUT2D eigenvalue weighted by Gasteiger charge is -2.22. The van der Waals surface area contributed by atoms with Gasteiger partial charge in [-0.15, -0.1) is 0 Å². The number of carbonyl (C=O) groups is 2. The predicted octanol–water partition coefficient (Wildman–Crippen LogP) is 3.74. The molecule has 0 bridgehead atoms. The Morgan fingerprint density at radius 1 is 1.08 bits per heavy atom. The van der Waals surface area contributed by atoms with Gasteiger partial charge in [-0.05, 0) is 36.2 Å². The minimum absolute atomic E-state index is 0.0821. The Kier molecular flexibility index (Phi) is 6.42. The molecule has 0 radical (unpaired) electrons. The summed E-state index contributed by atoms with van der Waals surface area (Å²) in [5.74, 6) is -0.151. The predicted molar refractivity (Wildman–Crippen MR) is 99.2 cm³/mol. The molecule has 2 aromatic carbocycles. The van der Waals surface area contributed by atoms with E-state index in [4.69, 9.17) is 16.3 Å². The zero-order chi connectivity index (χ0) is 18.4. The zero-order valence-corrected chi connectivity index (χ0v) is 15.1. The topological polar surface area (TPSA) is 67.4 Å². The first-order valence-electron chi connectivity index (χ1n) is 7.92. The molecule has 1 atom stereocenters. The number of anilines is 1. The fourth-order valence-corrected chi connectivity index (χ4v) is 2.57. The highest BCUT2D eigenvalue weighted by atomic mass is 35.5. The number of methoxy groups -OCH3 is 1. The molecule has 0 aliphatic carbocycles. The van der Waals surface area contributed by atoms with Gasteiger partial charge in [0.15, 0.2) is 0 Å². The van der Waals surface area contributed by atoms with E-state index in [1.807, 2.05) is 19.9 Å². The second kappa shape index (κ2) is 8.53. The van der Waals surface area contributed by atoms with E-state index >= 15 is 0 Å². The molecular formula is C19H21ClN2O3. The van der Waals surface area contributed by atoms with Crippen LogP contribution in [-0.2, 0) is 4.79 Å². The Bertz CT molecular complexity index is 748. The summed E-state index contributed by atoms with van der Waals surface area (Å²) in [7, 11) is 1.52. The number of halogens is 1. The molecule has 0 fully saturated rings. The first-order chi connectivity index (χ1) is 11.9. The summed E-state index contributed by atoms with van der Waals surface area (Å²) < 4.78 is 5.09. The van der Waals surface area contributed by atoms with Crippen LogP contribution in [0, 0.1) is 5.92 Å². The van der Waals surface area contributed by atoms with Gasteiger partial charge in [-0.3, -0.25) is 9.59 Å². The molecule has 0 aliphatic heterocycles. The summed E-state index contributed by atoms with van der Waals surface area (Å²) in [6.45, 7) is 3.74. The summed E-state index contributed by atoms with van der Waals surface area (Å²) in [6, 6.07) is 13.1. The lowest BCUT2D eigenvalue weighted by atomic mass is 10.0. The molecule has 0 spiro atoms. The van der Waals surface area contributed by atoms with E-state index in [1.165, 1.54) is 7.11 Å². The summed E-state index contributed by atoms with van der Waals surface area (Å²) in [5, 5.41) is 5.96. The van der Waals surface area contributed by atoms with Gasteiger partial charge in [0, 0.05) is 11.3 Å². The summed E-state index contributed by atoms with van der Waals surface area (Å²) in [4.78, 5) is 24.9. The van der Waals surface area contributed by atoms with E-state index in [1.54, 1.807) is 42.5 Å². The third-order valence-corrected chi connectivity index (χ3v) is 3.99. The van der Waals surface area contributed by atoms with Crippen LogP contribution in [0.2, 0.25) is 5.02 Å². The number of benzene rings is 2. The van der Waals surface area contributed by atoms with Crippen molar-refractivity contribution >= 4 is 29.1 Å². The van der Waals surface area contributed by atoms with Crippen LogP contribution in [0.15, 0.2) is 48.5 Å². The van der Waals surface area contributed by atoms with Gasteiger partial charge in [0.1, 0.15) is 11.8 Å². The highest BCUT2D eigenvalue weighted by Gasteiger charge is 2.25. The van der Waals surface area contributed by atoms with Crippen molar-refractivity contribution in [2.24, 2.45) is 5.92 Å². The van der Waals surface area contributed by atoms with Gasteiger partial charge in [0.25, 0.3) is 5.91 Å². The van der Waals surface area contributed by atoms with E-state index in [0.717, 1.165) is 0 Å². The van der Waals surface area contributed by atoms with Crippen LogP contribution >= 0.6 is 11.6 Å². The van der Waals surface area contributed by atoms with Crippen LogP contribution in [0.5, 0.6) is 5.75 Å². The Morgan fingerprint density at radius 2 is 1.76 bits per heavy atom. The lowest BCUT2D eigenvalue weighted by Crippen LogP contribution is -2.47. The molecule has 132 valence electrons. The molecule has 2 N–H and O–H groups in total. The molecule has 0 heterocycles. The summed E-state index contributed by atoms with van der Waals surface area (Å²) in [5.41, 5.74) is 1.05. The Hall–Kier alpha value is -2.53. The molecule has 6 heteroatoms. The van der Waals surface area contributed by atoms with Gasteiger partial charge in [0.05, 0.1) is 12.1 Å². The molecule has 0 aromatic heterocycles. The quantitative estimate of drug-likeness (QED) is 0.824. The van der Waals surface area contributed by atoms with Gasteiger partial charge >= 0.3 is 0 Å². The van der Waals surface area contributed by atoms with Crippen LogP contribution in [0.4, 0.5) is 5.69 Å². The second-order valence-corrected chi connectivity index (χ2v) is 6.31. The molecule has 0 unspecified atom stereocenters. The SMILES string of the molecule is COc1ccc(NC(=O)[C@H](NC(=O)c2ccccc2)C(C)C)cc1Cl. The van der Waals surface area contributed by atoms with Crippen molar-refractivity contribution in [2.45, 2.75) is 19.9 Å². The van der Waals surface area contributed by atoms with E-state index < -0.39 is 6.04 Å². The molecule has 2 rings (SSSR count). The largest absolute Gasteiger partial charge is 0.495 e. The minimum atomic E-state index is -0.673.